The second kappa shape index (κ2) is 7.69. The van der Waals surface area contributed by atoms with Crippen LogP contribution in [0, 0.1) is 17.2 Å². The first-order valence-corrected chi connectivity index (χ1v) is 8.14. The zero-order valence-electron chi connectivity index (χ0n) is 14.2. The number of nitrogens with one attached hydrogen (secondary N) is 1. The zero-order valence-corrected chi connectivity index (χ0v) is 14.2. The van der Waals surface area contributed by atoms with Gasteiger partial charge in [-0.15, -0.1) is 0 Å². The van der Waals surface area contributed by atoms with E-state index in [9.17, 15) is 0 Å². The lowest BCUT2D eigenvalue weighted by molar-refractivity contribution is 0.288. The van der Waals surface area contributed by atoms with Crippen molar-refractivity contribution in [1.82, 2.24) is 20.4 Å². The fourth-order valence-corrected chi connectivity index (χ4v) is 2.56. The van der Waals surface area contributed by atoms with Gasteiger partial charge in [0, 0.05) is 24.5 Å². The van der Waals surface area contributed by atoms with Crippen LogP contribution in [-0.2, 0) is 6.54 Å². The van der Waals surface area contributed by atoms with E-state index >= 15 is 0 Å². The van der Waals surface area contributed by atoms with Crippen molar-refractivity contribution in [1.29, 1.82) is 5.26 Å². The highest BCUT2D eigenvalue weighted by atomic mass is 16.5. The highest BCUT2D eigenvalue weighted by Gasteiger charge is 2.22. The average molecular weight is 333 g/mol. The number of benzene rings is 1. The summed E-state index contributed by atoms with van der Waals surface area (Å²) in [5, 5.41) is 16.5. The topological polar surface area (TPSA) is 87.6 Å². The van der Waals surface area contributed by atoms with E-state index in [2.05, 4.69) is 40.4 Å². The molecule has 0 aliphatic rings. The van der Waals surface area contributed by atoms with E-state index in [0.717, 1.165) is 11.1 Å². The Morgan fingerprint density at radius 1 is 1.24 bits per heavy atom. The van der Waals surface area contributed by atoms with E-state index in [0.29, 0.717) is 23.8 Å². The predicted molar refractivity (Wildman–Crippen MR) is 93.1 cm³/mol. The van der Waals surface area contributed by atoms with Crippen LogP contribution in [0.1, 0.15) is 36.9 Å². The molecule has 0 saturated heterocycles. The summed E-state index contributed by atoms with van der Waals surface area (Å²) in [4.78, 5) is 8.59. The standard InChI is InChI=1S/C19H19N5O/c1-13(2)17(22-11-15-6-3-5-14(9-15)10-20)19-23-18(24-25-19)16-7-4-8-21-12-16/h3-9,12-13,17,22H,11H2,1-2H3. The van der Waals surface area contributed by atoms with Gasteiger partial charge in [0.05, 0.1) is 17.7 Å². The second-order valence-corrected chi connectivity index (χ2v) is 6.11. The second-order valence-electron chi connectivity index (χ2n) is 6.11. The lowest BCUT2D eigenvalue weighted by Gasteiger charge is -2.18. The lowest BCUT2D eigenvalue weighted by atomic mass is 10.0. The van der Waals surface area contributed by atoms with E-state index in [1.807, 2.05) is 30.3 Å². The summed E-state index contributed by atoms with van der Waals surface area (Å²) >= 11 is 0. The van der Waals surface area contributed by atoms with Crippen LogP contribution in [0.25, 0.3) is 11.4 Å². The SMILES string of the molecule is CC(C)C(NCc1cccc(C#N)c1)c1nc(-c2cccnc2)no1. The maximum atomic E-state index is 9.01. The van der Waals surface area contributed by atoms with E-state index in [-0.39, 0.29) is 12.0 Å². The van der Waals surface area contributed by atoms with E-state index in [4.69, 9.17) is 9.78 Å². The van der Waals surface area contributed by atoms with Gasteiger partial charge in [-0.25, -0.2) is 0 Å². The molecule has 0 bridgehead atoms. The maximum absolute atomic E-state index is 9.01. The fourth-order valence-electron chi connectivity index (χ4n) is 2.56. The number of pyridine rings is 1. The summed E-state index contributed by atoms with van der Waals surface area (Å²) in [6, 6.07) is 13.3. The molecule has 6 heteroatoms. The average Bonchev–Trinajstić information content (AvgIpc) is 3.12. The molecule has 3 rings (SSSR count). The third-order valence-electron chi connectivity index (χ3n) is 3.88. The Bertz CT molecular complexity index is 867. The summed E-state index contributed by atoms with van der Waals surface area (Å²) in [5.41, 5.74) is 2.51. The molecule has 2 heterocycles. The minimum atomic E-state index is -0.0799. The summed E-state index contributed by atoms with van der Waals surface area (Å²) in [6.07, 6.45) is 3.41. The molecular weight excluding hydrogens is 314 g/mol. The van der Waals surface area contributed by atoms with Crippen molar-refractivity contribution in [3.05, 3.63) is 65.8 Å². The number of rotatable bonds is 6. The largest absolute Gasteiger partial charge is 0.337 e. The smallest absolute Gasteiger partial charge is 0.244 e. The molecule has 0 fully saturated rings. The van der Waals surface area contributed by atoms with Crippen LogP contribution in [0.4, 0.5) is 0 Å². The van der Waals surface area contributed by atoms with Crippen molar-refractivity contribution in [2.45, 2.75) is 26.4 Å². The molecule has 1 N–H and O–H groups in total. The highest BCUT2D eigenvalue weighted by molar-refractivity contribution is 5.51. The number of nitriles is 1. The van der Waals surface area contributed by atoms with Crippen LogP contribution in [0.2, 0.25) is 0 Å². The molecular formula is C19H19N5O. The summed E-state index contributed by atoms with van der Waals surface area (Å²) in [6.45, 7) is 4.80. The van der Waals surface area contributed by atoms with Gasteiger partial charge in [0.1, 0.15) is 0 Å². The van der Waals surface area contributed by atoms with Crippen molar-refractivity contribution in [3.63, 3.8) is 0 Å². The predicted octanol–water partition coefficient (Wildman–Crippen LogP) is 3.49. The van der Waals surface area contributed by atoms with Crippen molar-refractivity contribution in [3.8, 4) is 17.5 Å². The Hall–Kier alpha value is -3.04. The van der Waals surface area contributed by atoms with Crippen molar-refractivity contribution < 1.29 is 4.52 Å². The summed E-state index contributed by atoms with van der Waals surface area (Å²) < 4.78 is 5.47. The molecule has 1 aromatic carbocycles. The molecule has 25 heavy (non-hydrogen) atoms. The Kier molecular flexibility index (Phi) is 5.17. The molecule has 126 valence electrons. The molecule has 3 aromatic rings. The Morgan fingerprint density at radius 3 is 2.84 bits per heavy atom. The normalized spacial score (nSPS) is 12.1. The number of hydrogen-bond acceptors (Lipinski definition) is 6. The minimum Gasteiger partial charge on any atom is -0.337 e. The van der Waals surface area contributed by atoms with Crippen LogP contribution in [-0.4, -0.2) is 15.1 Å². The van der Waals surface area contributed by atoms with Gasteiger partial charge < -0.3 is 9.84 Å². The third kappa shape index (κ3) is 4.08. The molecule has 0 spiro atoms. The van der Waals surface area contributed by atoms with Gasteiger partial charge in [0.15, 0.2) is 0 Å². The summed E-state index contributed by atoms with van der Waals surface area (Å²) in [5.74, 6) is 1.34. The fraction of sp³-hybridized carbons (Fsp3) is 0.263. The highest BCUT2D eigenvalue weighted by Crippen LogP contribution is 2.23. The van der Waals surface area contributed by atoms with Gasteiger partial charge in [0.2, 0.25) is 11.7 Å². The quantitative estimate of drug-likeness (QED) is 0.743. The molecule has 1 atom stereocenters. The summed E-state index contributed by atoms with van der Waals surface area (Å²) in [7, 11) is 0. The van der Waals surface area contributed by atoms with Gasteiger partial charge in [-0.3, -0.25) is 4.98 Å². The van der Waals surface area contributed by atoms with Gasteiger partial charge in [0.25, 0.3) is 0 Å². The number of nitrogens with zero attached hydrogens (tertiary/aromatic N) is 4. The Morgan fingerprint density at radius 2 is 2.12 bits per heavy atom. The molecule has 0 aliphatic carbocycles. The zero-order chi connectivity index (χ0) is 17.6. The molecule has 6 nitrogen and oxygen atoms in total. The van der Waals surface area contributed by atoms with E-state index in [1.54, 1.807) is 18.5 Å². The number of hydrogen-bond donors (Lipinski definition) is 1. The molecule has 2 aromatic heterocycles. The lowest BCUT2D eigenvalue weighted by Crippen LogP contribution is -2.25. The number of aromatic nitrogens is 3. The van der Waals surface area contributed by atoms with Crippen LogP contribution in [0.3, 0.4) is 0 Å². The Balaban J connectivity index is 1.75. The van der Waals surface area contributed by atoms with Crippen molar-refractivity contribution in [2.75, 3.05) is 0 Å². The Labute approximate surface area is 146 Å². The van der Waals surface area contributed by atoms with Gasteiger partial charge in [-0.1, -0.05) is 31.1 Å². The van der Waals surface area contributed by atoms with Crippen LogP contribution < -0.4 is 5.32 Å². The maximum Gasteiger partial charge on any atom is 0.244 e. The first-order chi connectivity index (χ1) is 12.2. The van der Waals surface area contributed by atoms with Crippen molar-refractivity contribution >= 4 is 0 Å². The first-order valence-electron chi connectivity index (χ1n) is 8.14. The first kappa shape index (κ1) is 16.8. The van der Waals surface area contributed by atoms with Gasteiger partial charge in [-0.2, -0.15) is 10.2 Å². The van der Waals surface area contributed by atoms with E-state index in [1.165, 1.54) is 0 Å². The van der Waals surface area contributed by atoms with Crippen LogP contribution in [0.5, 0.6) is 0 Å². The molecule has 0 aliphatic heterocycles. The van der Waals surface area contributed by atoms with Gasteiger partial charge in [-0.05, 0) is 35.7 Å². The van der Waals surface area contributed by atoms with Crippen molar-refractivity contribution in [2.24, 2.45) is 5.92 Å². The third-order valence-corrected chi connectivity index (χ3v) is 3.88. The van der Waals surface area contributed by atoms with Gasteiger partial charge >= 0.3 is 0 Å². The molecule has 0 radical (unpaired) electrons. The minimum absolute atomic E-state index is 0.0799. The molecule has 0 amide bonds. The molecule has 0 saturated carbocycles. The monoisotopic (exact) mass is 333 g/mol. The van der Waals surface area contributed by atoms with Crippen LogP contribution in [0.15, 0.2) is 53.3 Å². The van der Waals surface area contributed by atoms with E-state index < -0.39 is 0 Å². The molecule has 1 unspecified atom stereocenters. The van der Waals surface area contributed by atoms with Crippen LogP contribution >= 0.6 is 0 Å².